The number of hydrogen-bond donors (Lipinski definition) is 8. The van der Waals surface area contributed by atoms with E-state index in [0.717, 1.165) is 127 Å². The van der Waals surface area contributed by atoms with Crippen LogP contribution in [0.15, 0.2) is 60.2 Å². The van der Waals surface area contributed by atoms with Crippen LogP contribution < -0.4 is 15.4 Å². The van der Waals surface area contributed by atoms with Gasteiger partial charge in [-0.05, 0) is 211 Å². The van der Waals surface area contributed by atoms with E-state index in [4.69, 9.17) is 14.2 Å². The molecule has 15 rings (SSSR count). The number of Topliss-reactive ketones (excluding diaryl/α,β-unsaturated/α-hetero) is 1. The van der Waals surface area contributed by atoms with Crippen molar-refractivity contribution in [2.75, 3.05) is 32.1 Å². The van der Waals surface area contributed by atoms with Gasteiger partial charge in [-0.25, -0.2) is 4.79 Å². The maximum Gasteiger partial charge on any atom is 0.334 e. The molecule has 93 heavy (non-hydrogen) atoms. The Hall–Kier alpha value is -5.55. The highest BCUT2D eigenvalue weighted by Gasteiger charge is 2.63. The average Bonchev–Trinajstić information content (AvgIpc) is 0.783. The number of benzene rings is 3. The molecular weight excluding hydrogens is 1170 g/mol. The zero-order chi connectivity index (χ0) is 64.4. The first-order chi connectivity index (χ1) is 44.9. The van der Waals surface area contributed by atoms with Crippen LogP contribution in [0.4, 0.5) is 5.69 Å². The fourth-order valence-electron chi connectivity index (χ4n) is 20.3. The number of carbonyl (C=O) groups excluding carboxylic acids is 3. The molecule has 7 fully saturated rings. The van der Waals surface area contributed by atoms with Crippen LogP contribution in [0.5, 0.6) is 11.5 Å². The maximum atomic E-state index is 16.6. The second-order valence-electron chi connectivity index (χ2n) is 31.3. The molecule has 0 radical (unpaired) electrons. The summed E-state index contributed by atoms with van der Waals surface area (Å²) in [5, 5.41) is 85.3. The number of phenolic OH excluding ortho intramolecular Hbond substituents is 1. The molecule has 0 saturated heterocycles. The van der Waals surface area contributed by atoms with Crippen LogP contribution in [-0.4, -0.2) is 111 Å². The van der Waals surface area contributed by atoms with Crippen LogP contribution in [0.25, 0.3) is 0 Å². The Morgan fingerprint density at radius 3 is 2.32 bits per heavy atom. The van der Waals surface area contributed by atoms with Crippen molar-refractivity contribution in [1.29, 1.82) is 0 Å². The number of ketones is 1. The minimum absolute atomic E-state index is 0.0177. The van der Waals surface area contributed by atoms with Crippen LogP contribution in [0, 0.1) is 70.5 Å². The number of fused-ring (bicyclic) bond motifs is 17. The standard InChI is InChI=1S/C79H100N2O12/c1-76(89)46-81-59-36-54(35-56(37-59)74(87)77(31-27-49(43-77)44-80-2)30-26-47-18-22-60(23-19-47)91-45-68(76)84)51-20-21-52-42-70(85)93-73-61(52)39-55(72(86)71(73)50-13-5-3-6-14-50)41-69-79(90)64-17-8-7-15-53(64)38-62-63(66(82)25-24-65(62)79)33-48-12-11-16-58(32-48)78(28-9-4-10-29-78)67(83)40-57(34-51)75(88)92-69/h11-12,16,32,35-37,39-40,47,49-53,60,62-65,67-69,74,80-81,83-84,86-87,89-90H,3-10,13-15,17-19,22-25,27-29,31,33-34,38,41-46H2,1-2H3. The second-order valence-corrected chi connectivity index (χ2v) is 31.3. The molecule has 8 N–H and O–H groups in total. The number of aromatic hydroxyl groups is 1. The molecular formula is C79H100N2O12. The summed E-state index contributed by atoms with van der Waals surface area (Å²) in [7, 11) is 1.96. The summed E-state index contributed by atoms with van der Waals surface area (Å²) >= 11 is 0. The van der Waals surface area contributed by atoms with Crippen molar-refractivity contribution in [2.45, 2.75) is 252 Å². The van der Waals surface area contributed by atoms with E-state index in [-0.39, 0.29) is 103 Å². The molecule has 14 nitrogen and oxygen atoms in total. The Morgan fingerprint density at radius 1 is 0.753 bits per heavy atom. The number of anilines is 1. The number of hydrogen-bond acceptors (Lipinski definition) is 14. The number of rotatable bonds is 4. The Morgan fingerprint density at radius 2 is 1.52 bits per heavy atom. The van der Waals surface area contributed by atoms with Gasteiger partial charge in [-0.2, -0.15) is 0 Å². The lowest BCUT2D eigenvalue weighted by Crippen LogP contribution is -2.65. The van der Waals surface area contributed by atoms with Crippen LogP contribution in [0.2, 0.25) is 0 Å². The van der Waals surface area contributed by atoms with Crippen molar-refractivity contribution in [3.05, 3.63) is 99.1 Å². The molecule has 5 heterocycles. The van der Waals surface area contributed by atoms with Crippen molar-refractivity contribution in [3.8, 4) is 35.2 Å². The number of aliphatic hydroxyl groups excluding tert-OH is 3. The van der Waals surface area contributed by atoms with Crippen molar-refractivity contribution < 1.29 is 59.2 Å². The van der Waals surface area contributed by atoms with E-state index >= 15 is 4.79 Å². The summed E-state index contributed by atoms with van der Waals surface area (Å²) in [5.74, 6) is 11.4. The number of nitrogens with one attached hydrogen (secondary N) is 2. The summed E-state index contributed by atoms with van der Waals surface area (Å²) < 4.78 is 20.0. The molecule has 14 bridgehead atoms. The average molecular weight is 1270 g/mol. The van der Waals surface area contributed by atoms with Gasteiger partial charge < -0.3 is 55.5 Å². The molecule has 0 aromatic heterocycles. The SMILES string of the molecule is CNCC1CCC2(C#CC3CCC(CC3)OCC(O)C(C)(O)CNc3cc(C4C#CC5CC(=O)Oc6c5cc(c(O)c6C5CCCCC5)CC5OC(=O)C(=CC(O)C6(CCCCC6)c6cccc(c6)CC6C(=O)CCC7C6CC6CCCCC6C57O)C4)cc(c3)C2O)C1. The summed E-state index contributed by atoms with van der Waals surface area (Å²) in [5.41, 5.74) is 0.603. The van der Waals surface area contributed by atoms with E-state index in [9.17, 15) is 40.2 Å². The molecule has 0 amide bonds. The molecule has 3 aromatic rings. The van der Waals surface area contributed by atoms with Gasteiger partial charge in [-0.3, -0.25) is 9.59 Å². The summed E-state index contributed by atoms with van der Waals surface area (Å²) in [6, 6.07) is 16.2. The number of aliphatic hydroxyl groups is 5. The topological polar surface area (TPSA) is 224 Å². The summed E-state index contributed by atoms with van der Waals surface area (Å²) in [6.07, 6.45) is 15.9. The lowest BCUT2D eigenvalue weighted by molar-refractivity contribution is -0.228. The van der Waals surface area contributed by atoms with Gasteiger partial charge >= 0.3 is 11.9 Å². The quantitative estimate of drug-likeness (QED) is 0.0692. The number of carbonyl (C=O) groups is 3. The molecule has 7 saturated carbocycles. The van der Waals surface area contributed by atoms with E-state index < -0.39 is 76.1 Å². The lowest BCUT2D eigenvalue weighted by Gasteiger charge is -2.59. The fourth-order valence-corrected chi connectivity index (χ4v) is 20.3. The predicted octanol–water partition coefficient (Wildman–Crippen LogP) is 11.5. The third-order valence-corrected chi connectivity index (χ3v) is 25.5. The normalized spacial score (nSPS) is 37.8. The molecule has 3 aromatic carbocycles. The van der Waals surface area contributed by atoms with Crippen molar-refractivity contribution in [3.63, 3.8) is 0 Å². The molecule has 5 aliphatic heterocycles. The summed E-state index contributed by atoms with van der Waals surface area (Å²) in [6.45, 7) is 2.21. The van der Waals surface area contributed by atoms with Gasteiger partial charge in [0.2, 0.25) is 0 Å². The molecule has 498 valence electrons. The molecule has 15 unspecified atom stereocenters. The van der Waals surface area contributed by atoms with E-state index in [1.807, 2.05) is 31.3 Å². The molecule has 15 atom stereocenters. The van der Waals surface area contributed by atoms with E-state index in [1.54, 1.807) is 13.0 Å². The first kappa shape index (κ1) is 64.8. The Labute approximate surface area is 550 Å². The first-order valence-corrected chi connectivity index (χ1v) is 36.2. The van der Waals surface area contributed by atoms with E-state index in [1.165, 1.54) is 0 Å². The number of esters is 2. The second kappa shape index (κ2) is 26.5. The van der Waals surface area contributed by atoms with Crippen LogP contribution in [0.3, 0.4) is 0 Å². The smallest absolute Gasteiger partial charge is 0.334 e. The molecule has 7 aliphatic carbocycles. The molecule has 14 heteroatoms. The number of phenols is 1. The Balaban J connectivity index is 0.995. The fraction of sp³-hybridized carbons (Fsp3) is 0.658. The molecule has 2 spiro atoms. The van der Waals surface area contributed by atoms with Gasteiger partial charge in [0, 0.05) is 64.9 Å². The Bertz CT molecular complexity index is 3480. The van der Waals surface area contributed by atoms with Crippen LogP contribution in [0.1, 0.15) is 237 Å². The lowest BCUT2D eigenvalue weighted by atomic mass is 9.48. The van der Waals surface area contributed by atoms with Gasteiger partial charge in [0.15, 0.2) is 0 Å². The van der Waals surface area contributed by atoms with Crippen LogP contribution >= 0.6 is 0 Å². The molecule has 12 aliphatic rings. The minimum Gasteiger partial charge on any atom is -0.507 e. The van der Waals surface area contributed by atoms with Crippen molar-refractivity contribution in [2.24, 2.45) is 46.8 Å². The van der Waals surface area contributed by atoms with Gasteiger partial charge in [0.25, 0.3) is 0 Å². The van der Waals surface area contributed by atoms with Gasteiger partial charge in [0.1, 0.15) is 40.7 Å². The highest BCUT2D eigenvalue weighted by molar-refractivity contribution is 5.89. The summed E-state index contributed by atoms with van der Waals surface area (Å²) in [4.78, 5) is 45.7. The maximum absolute atomic E-state index is 16.6. The largest absolute Gasteiger partial charge is 0.507 e. The van der Waals surface area contributed by atoms with Crippen molar-refractivity contribution in [1.82, 2.24) is 5.32 Å². The van der Waals surface area contributed by atoms with Gasteiger partial charge in [-0.15, -0.1) is 0 Å². The van der Waals surface area contributed by atoms with Crippen LogP contribution in [-0.2, 0) is 42.1 Å². The van der Waals surface area contributed by atoms with Gasteiger partial charge in [0.05, 0.1) is 42.7 Å². The predicted molar refractivity (Wildman–Crippen MR) is 354 cm³/mol. The van der Waals surface area contributed by atoms with Gasteiger partial charge in [-0.1, -0.05) is 112 Å². The van der Waals surface area contributed by atoms with E-state index in [2.05, 4.69) is 58.6 Å². The van der Waals surface area contributed by atoms with E-state index in [0.29, 0.717) is 84.2 Å². The third-order valence-electron chi connectivity index (χ3n) is 25.5. The zero-order valence-corrected chi connectivity index (χ0v) is 54.9. The number of ether oxygens (including phenoxy) is 3. The van der Waals surface area contributed by atoms with Crippen molar-refractivity contribution >= 4 is 23.4 Å². The zero-order valence-electron chi connectivity index (χ0n) is 54.9. The third kappa shape index (κ3) is 12.5. The highest BCUT2D eigenvalue weighted by atomic mass is 16.6. The monoisotopic (exact) mass is 1270 g/mol. The first-order valence-electron chi connectivity index (χ1n) is 36.2. The Kier molecular flexibility index (Phi) is 18.4. The minimum atomic E-state index is -1.66. The highest BCUT2D eigenvalue weighted by Crippen LogP contribution is 2.60.